The largest absolute Gasteiger partial charge is 0.470 e. The van der Waals surface area contributed by atoms with E-state index in [1.54, 1.807) is 17.4 Å². The number of nitrogens with zero attached hydrogens (tertiary/aromatic N) is 3. The van der Waals surface area contributed by atoms with Gasteiger partial charge in [-0.2, -0.15) is 0 Å². The van der Waals surface area contributed by atoms with Gasteiger partial charge in [-0.05, 0) is 36.5 Å². The van der Waals surface area contributed by atoms with Gasteiger partial charge in [0.05, 0.1) is 10.2 Å². The van der Waals surface area contributed by atoms with Crippen molar-refractivity contribution in [3.05, 3.63) is 46.3 Å². The maximum Gasteiger partial charge on any atom is 0.218 e. The molecule has 0 aliphatic heterocycles. The normalized spacial score (nSPS) is 14.5. The highest BCUT2D eigenvalue weighted by atomic mass is 35.5. The lowest BCUT2D eigenvalue weighted by molar-refractivity contribution is 0.293. The molecule has 0 saturated heterocycles. The Bertz CT molecular complexity index is 800. The van der Waals surface area contributed by atoms with Crippen molar-refractivity contribution < 1.29 is 4.74 Å². The molecule has 4 nitrogen and oxygen atoms in total. The summed E-state index contributed by atoms with van der Waals surface area (Å²) in [6.45, 7) is 0.394. The fourth-order valence-corrected chi connectivity index (χ4v) is 3.25. The van der Waals surface area contributed by atoms with Gasteiger partial charge in [-0.3, -0.25) is 0 Å². The number of halogens is 1. The third kappa shape index (κ3) is 2.84. The number of hydrogen-bond acceptors (Lipinski definition) is 5. The Labute approximate surface area is 130 Å². The number of rotatable bonds is 4. The third-order valence-electron chi connectivity index (χ3n) is 3.46. The average molecular weight is 318 g/mol. The van der Waals surface area contributed by atoms with Gasteiger partial charge < -0.3 is 4.74 Å². The van der Waals surface area contributed by atoms with Crippen molar-refractivity contribution in [2.75, 3.05) is 0 Å². The first-order valence-electron chi connectivity index (χ1n) is 6.77. The van der Waals surface area contributed by atoms with Crippen LogP contribution in [0.5, 0.6) is 5.88 Å². The summed E-state index contributed by atoms with van der Waals surface area (Å²) in [7, 11) is 0. The maximum absolute atomic E-state index is 5.80. The zero-order valence-corrected chi connectivity index (χ0v) is 12.7. The second-order valence-electron chi connectivity index (χ2n) is 5.08. The molecule has 2 aromatic heterocycles. The van der Waals surface area contributed by atoms with Gasteiger partial charge in [-0.25, -0.2) is 15.0 Å². The van der Waals surface area contributed by atoms with Crippen molar-refractivity contribution in [2.24, 2.45) is 0 Å². The van der Waals surface area contributed by atoms with Crippen molar-refractivity contribution in [3.8, 4) is 5.88 Å². The summed E-state index contributed by atoms with van der Waals surface area (Å²) in [6.07, 6.45) is 4.00. The fraction of sp³-hybridized carbons (Fsp3) is 0.267. The van der Waals surface area contributed by atoms with E-state index in [4.69, 9.17) is 16.3 Å². The Hall–Kier alpha value is -1.72. The summed E-state index contributed by atoms with van der Waals surface area (Å²) < 4.78 is 6.80. The second kappa shape index (κ2) is 5.24. The maximum atomic E-state index is 5.80. The van der Waals surface area contributed by atoms with Gasteiger partial charge >= 0.3 is 0 Å². The van der Waals surface area contributed by atoms with Gasteiger partial charge in [0.15, 0.2) is 0 Å². The molecule has 0 N–H and O–H groups in total. The van der Waals surface area contributed by atoms with E-state index >= 15 is 0 Å². The third-order valence-corrected chi connectivity index (χ3v) is 4.67. The first kappa shape index (κ1) is 13.0. The lowest BCUT2D eigenvalue weighted by Gasteiger charge is -2.01. The highest BCUT2D eigenvalue weighted by Gasteiger charge is 2.23. The molecule has 1 saturated carbocycles. The van der Waals surface area contributed by atoms with Crippen LogP contribution in [-0.2, 0) is 6.61 Å². The van der Waals surface area contributed by atoms with E-state index in [0.29, 0.717) is 17.6 Å². The number of benzene rings is 1. The van der Waals surface area contributed by atoms with Crippen LogP contribution < -0.4 is 4.74 Å². The van der Waals surface area contributed by atoms with Crippen molar-refractivity contribution in [3.63, 3.8) is 0 Å². The minimum Gasteiger partial charge on any atom is -0.470 e. The number of ether oxygens (including phenoxy) is 1. The molecule has 1 fully saturated rings. The van der Waals surface area contributed by atoms with Gasteiger partial charge in [0.25, 0.3) is 0 Å². The zero-order valence-electron chi connectivity index (χ0n) is 11.1. The first-order valence-corrected chi connectivity index (χ1v) is 7.97. The summed E-state index contributed by atoms with van der Waals surface area (Å²) in [6, 6.07) is 8.17. The predicted molar refractivity (Wildman–Crippen MR) is 83.0 cm³/mol. The number of hydrogen-bond donors (Lipinski definition) is 0. The molecule has 6 heteroatoms. The summed E-state index contributed by atoms with van der Waals surface area (Å²) >= 11 is 7.45. The van der Waals surface area contributed by atoms with E-state index in [0.717, 1.165) is 16.4 Å². The smallest absolute Gasteiger partial charge is 0.218 e. The Kier molecular flexibility index (Phi) is 3.24. The SMILES string of the molecule is Clc1cc(OCc2nc3cc(C4CC4)ccc3s2)ncn1. The molecule has 4 rings (SSSR count). The topological polar surface area (TPSA) is 47.9 Å². The highest BCUT2D eigenvalue weighted by molar-refractivity contribution is 7.18. The van der Waals surface area contributed by atoms with Crippen LogP contribution >= 0.6 is 22.9 Å². The molecule has 1 aromatic carbocycles. The van der Waals surface area contributed by atoms with Crippen molar-refractivity contribution in [1.82, 2.24) is 15.0 Å². The Morgan fingerprint density at radius 1 is 1.24 bits per heavy atom. The zero-order chi connectivity index (χ0) is 14.2. The van der Waals surface area contributed by atoms with Gasteiger partial charge in [0.2, 0.25) is 5.88 Å². The van der Waals surface area contributed by atoms with Gasteiger partial charge in [0.1, 0.15) is 23.1 Å². The Morgan fingerprint density at radius 2 is 2.14 bits per heavy atom. The van der Waals surface area contributed by atoms with Crippen molar-refractivity contribution in [2.45, 2.75) is 25.4 Å². The molecule has 0 spiro atoms. The van der Waals surface area contributed by atoms with Crippen LogP contribution in [0, 0.1) is 0 Å². The van der Waals surface area contributed by atoms with E-state index < -0.39 is 0 Å². The number of thiazole rings is 1. The number of fused-ring (bicyclic) bond motifs is 1. The van der Waals surface area contributed by atoms with E-state index in [1.165, 1.54) is 29.4 Å². The lowest BCUT2D eigenvalue weighted by Crippen LogP contribution is -1.96. The average Bonchev–Trinajstić information content (AvgIpc) is 3.25. The predicted octanol–water partition coefficient (Wildman–Crippen LogP) is 4.20. The van der Waals surface area contributed by atoms with Crippen molar-refractivity contribution >= 4 is 33.2 Å². The quantitative estimate of drug-likeness (QED) is 0.677. The monoisotopic (exact) mass is 317 g/mol. The molecule has 21 heavy (non-hydrogen) atoms. The fourth-order valence-electron chi connectivity index (χ4n) is 2.26. The summed E-state index contributed by atoms with van der Waals surface area (Å²) in [5, 5.41) is 1.31. The van der Waals surface area contributed by atoms with E-state index in [1.807, 2.05) is 0 Å². The minimum absolute atomic E-state index is 0.373. The molecule has 0 atom stereocenters. The lowest BCUT2D eigenvalue weighted by atomic mass is 10.1. The summed E-state index contributed by atoms with van der Waals surface area (Å²) in [5.74, 6) is 1.21. The Morgan fingerprint density at radius 3 is 2.95 bits per heavy atom. The standard InChI is InChI=1S/C15H12ClN3OS/c16-13-6-14(18-8-17-13)20-7-15-19-11-5-10(9-1-2-9)3-4-12(11)21-15/h3-6,8-9H,1-2,7H2. The Balaban J connectivity index is 1.53. The molecular formula is C15H12ClN3OS. The first-order chi connectivity index (χ1) is 10.3. The molecular weight excluding hydrogens is 306 g/mol. The summed E-state index contributed by atoms with van der Waals surface area (Å²) in [4.78, 5) is 12.5. The molecule has 1 aliphatic rings. The molecule has 0 radical (unpaired) electrons. The van der Waals surface area contributed by atoms with Gasteiger partial charge in [-0.1, -0.05) is 17.7 Å². The van der Waals surface area contributed by atoms with E-state index in [9.17, 15) is 0 Å². The minimum atomic E-state index is 0.373. The number of aromatic nitrogens is 3. The molecule has 2 heterocycles. The van der Waals surface area contributed by atoms with Crippen LogP contribution in [0.2, 0.25) is 5.15 Å². The van der Waals surface area contributed by atoms with Crippen LogP contribution in [0.15, 0.2) is 30.6 Å². The molecule has 1 aliphatic carbocycles. The van der Waals surface area contributed by atoms with Crippen LogP contribution in [0.4, 0.5) is 0 Å². The highest BCUT2D eigenvalue weighted by Crippen LogP contribution is 2.41. The molecule has 0 bridgehead atoms. The van der Waals surface area contributed by atoms with Crippen LogP contribution in [0.25, 0.3) is 10.2 Å². The molecule has 3 aromatic rings. The van der Waals surface area contributed by atoms with Gasteiger partial charge in [0, 0.05) is 6.07 Å². The van der Waals surface area contributed by atoms with Crippen LogP contribution in [0.3, 0.4) is 0 Å². The van der Waals surface area contributed by atoms with Gasteiger partial charge in [-0.15, -0.1) is 11.3 Å². The van der Waals surface area contributed by atoms with E-state index in [2.05, 4.69) is 33.2 Å². The van der Waals surface area contributed by atoms with Crippen molar-refractivity contribution in [1.29, 1.82) is 0 Å². The second-order valence-corrected chi connectivity index (χ2v) is 6.58. The van der Waals surface area contributed by atoms with Crippen LogP contribution in [-0.4, -0.2) is 15.0 Å². The molecule has 106 valence electrons. The molecule has 0 unspecified atom stereocenters. The molecule has 0 amide bonds. The van der Waals surface area contributed by atoms with E-state index in [-0.39, 0.29) is 0 Å². The summed E-state index contributed by atoms with van der Waals surface area (Å²) in [5.41, 5.74) is 2.46. The van der Waals surface area contributed by atoms with Crippen LogP contribution in [0.1, 0.15) is 29.3 Å².